The number of nitrogen functional groups attached to an aromatic ring is 1. The topological polar surface area (TPSA) is 79.1 Å². The molecule has 0 saturated heterocycles. The number of rotatable bonds is 4. The van der Waals surface area contributed by atoms with Crippen molar-refractivity contribution in [3.8, 4) is 0 Å². The molecule has 0 bridgehead atoms. The van der Waals surface area contributed by atoms with E-state index in [0.29, 0.717) is 11.8 Å². The van der Waals surface area contributed by atoms with Gasteiger partial charge in [0.1, 0.15) is 5.82 Å². The maximum absolute atomic E-state index is 5.26. The number of nitrogens with one attached hydrogen (secondary N) is 2. The van der Waals surface area contributed by atoms with Crippen molar-refractivity contribution in [1.29, 1.82) is 0 Å². The second kappa shape index (κ2) is 5.33. The molecule has 0 unspecified atom stereocenters. The Labute approximate surface area is 106 Å². The predicted molar refractivity (Wildman–Crippen MR) is 73.9 cm³/mol. The van der Waals surface area contributed by atoms with Crippen LogP contribution in [0.3, 0.4) is 0 Å². The molecule has 18 heavy (non-hydrogen) atoms. The van der Waals surface area contributed by atoms with E-state index < -0.39 is 0 Å². The van der Waals surface area contributed by atoms with Crippen molar-refractivity contribution >= 4 is 23.1 Å². The van der Waals surface area contributed by atoms with E-state index in [4.69, 9.17) is 5.84 Å². The highest BCUT2D eigenvalue weighted by Gasteiger charge is 1.99. The average Bonchev–Trinajstić information content (AvgIpc) is 2.39. The summed E-state index contributed by atoms with van der Waals surface area (Å²) in [6, 6.07) is 9.83. The van der Waals surface area contributed by atoms with Crippen LogP contribution in [0.25, 0.3) is 0 Å². The zero-order valence-corrected chi connectivity index (χ0v) is 10.4. The average molecular weight is 244 g/mol. The highest BCUT2D eigenvalue weighted by atomic mass is 15.3. The summed E-state index contributed by atoms with van der Waals surface area (Å²) in [5.74, 6) is 6.33. The molecule has 0 spiro atoms. The summed E-state index contributed by atoms with van der Waals surface area (Å²) < 4.78 is 0. The first-order chi connectivity index (χ1) is 8.69. The molecule has 0 saturated carbocycles. The molecule has 0 fully saturated rings. The smallest absolute Gasteiger partial charge is 0.239 e. The standard InChI is InChI=1S/C12H16N6/c1-18(2)10-5-3-9(4-6-10)15-11-7-8-14-12(16-11)17-13/h3-8H,13H2,1-2H3,(H2,14,15,16,17). The van der Waals surface area contributed by atoms with Crippen LogP contribution in [0.15, 0.2) is 36.5 Å². The van der Waals surface area contributed by atoms with Crippen LogP contribution in [0, 0.1) is 0 Å². The van der Waals surface area contributed by atoms with Crippen molar-refractivity contribution in [1.82, 2.24) is 9.97 Å². The van der Waals surface area contributed by atoms with Crippen LogP contribution >= 0.6 is 0 Å². The van der Waals surface area contributed by atoms with E-state index in [-0.39, 0.29) is 0 Å². The Bertz CT molecular complexity index is 508. The number of hydrazine groups is 1. The Kier molecular flexibility index (Phi) is 3.59. The molecule has 6 nitrogen and oxygen atoms in total. The summed E-state index contributed by atoms with van der Waals surface area (Å²) in [7, 11) is 4.01. The van der Waals surface area contributed by atoms with Crippen LogP contribution in [0.2, 0.25) is 0 Å². The van der Waals surface area contributed by atoms with Crippen molar-refractivity contribution in [3.63, 3.8) is 0 Å². The highest BCUT2D eigenvalue weighted by molar-refractivity contribution is 5.60. The van der Waals surface area contributed by atoms with E-state index in [1.807, 2.05) is 43.3 Å². The molecule has 0 radical (unpaired) electrons. The second-order valence-electron chi connectivity index (χ2n) is 3.98. The van der Waals surface area contributed by atoms with Crippen molar-refractivity contribution in [2.75, 3.05) is 29.7 Å². The Hall–Kier alpha value is -2.34. The van der Waals surface area contributed by atoms with Crippen molar-refractivity contribution in [2.45, 2.75) is 0 Å². The van der Waals surface area contributed by atoms with E-state index in [2.05, 4.69) is 20.7 Å². The SMILES string of the molecule is CN(C)c1ccc(Nc2ccnc(NN)n2)cc1. The van der Waals surface area contributed by atoms with E-state index in [9.17, 15) is 0 Å². The van der Waals surface area contributed by atoms with E-state index in [1.54, 1.807) is 12.3 Å². The van der Waals surface area contributed by atoms with Crippen molar-refractivity contribution in [2.24, 2.45) is 5.84 Å². The third kappa shape index (κ3) is 2.86. The minimum Gasteiger partial charge on any atom is -0.378 e. The lowest BCUT2D eigenvalue weighted by atomic mass is 10.2. The van der Waals surface area contributed by atoms with Crippen LogP contribution in [0.1, 0.15) is 0 Å². The maximum Gasteiger partial charge on any atom is 0.239 e. The van der Waals surface area contributed by atoms with Gasteiger partial charge < -0.3 is 10.2 Å². The van der Waals surface area contributed by atoms with E-state index >= 15 is 0 Å². The van der Waals surface area contributed by atoms with Crippen molar-refractivity contribution < 1.29 is 0 Å². The van der Waals surface area contributed by atoms with Gasteiger partial charge in [-0.05, 0) is 30.3 Å². The van der Waals surface area contributed by atoms with Crippen LogP contribution in [0.4, 0.5) is 23.1 Å². The van der Waals surface area contributed by atoms with E-state index in [0.717, 1.165) is 11.4 Å². The van der Waals surface area contributed by atoms with Crippen LogP contribution in [-0.2, 0) is 0 Å². The molecular weight excluding hydrogens is 228 g/mol. The number of aromatic nitrogens is 2. The molecule has 0 aliphatic heterocycles. The molecule has 4 N–H and O–H groups in total. The molecule has 1 aromatic heterocycles. The summed E-state index contributed by atoms with van der Waals surface area (Å²) in [5.41, 5.74) is 4.51. The fourth-order valence-electron chi connectivity index (χ4n) is 1.49. The lowest BCUT2D eigenvalue weighted by Crippen LogP contribution is -2.11. The molecule has 2 aromatic rings. The Morgan fingerprint density at radius 1 is 1.11 bits per heavy atom. The number of anilines is 4. The van der Waals surface area contributed by atoms with Gasteiger partial charge in [-0.2, -0.15) is 4.98 Å². The van der Waals surface area contributed by atoms with Gasteiger partial charge in [0.15, 0.2) is 0 Å². The first-order valence-electron chi connectivity index (χ1n) is 5.53. The first kappa shape index (κ1) is 12.1. The largest absolute Gasteiger partial charge is 0.378 e. The highest BCUT2D eigenvalue weighted by Crippen LogP contribution is 2.19. The maximum atomic E-state index is 5.26. The minimum absolute atomic E-state index is 0.380. The molecule has 0 aliphatic carbocycles. The van der Waals surface area contributed by atoms with Gasteiger partial charge in [0, 0.05) is 31.7 Å². The number of nitrogens with zero attached hydrogens (tertiary/aromatic N) is 3. The molecule has 0 aliphatic rings. The van der Waals surface area contributed by atoms with Crippen molar-refractivity contribution in [3.05, 3.63) is 36.5 Å². The molecule has 94 valence electrons. The number of nitrogens with two attached hydrogens (primary N) is 1. The van der Waals surface area contributed by atoms with Gasteiger partial charge in [-0.15, -0.1) is 0 Å². The third-order valence-electron chi connectivity index (χ3n) is 2.44. The summed E-state index contributed by atoms with van der Waals surface area (Å²) in [5, 5.41) is 3.18. The predicted octanol–water partition coefficient (Wildman–Crippen LogP) is 1.57. The third-order valence-corrected chi connectivity index (χ3v) is 2.44. The molecule has 0 amide bonds. The Balaban J connectivity index is 2.13. The lowest BCUT2D eigenvalue weighted by Gasteiger charge is -2.13. The summed E-state index contributed by atoms with van der Waals surface area (Å²) in [6.07, 6.45) is 1.64. The number of hydrogen-bond acceptors (Lipinski definition) is 6. The Morgan fingerprint density at radius 2 is 1.83 bits per heavy atom. The van der Waals surface area contributed by atoms with Gasteiger partial charge in [-0.25, -0.2) is 10.8 Å². The minimum atomic E-state index is 0.380. The lowest BCUT2D eigenvalue weighted by molar-refractivity contribution is 1.12. The first-order valence-corrected chi connectivity index (χ1v) is 5.53. The normalized spacial score (nSPS) is 9.94. The van der Waals surface area contributed by atoms with Crippen LogP contribution < -0.4 is 21.5 Å². The van der Waals surface area contributed by atoms with Gasteiger partial charge >= 0.3 is 0 Å². The zero-order chi connectivity index (χ0) is 13.0. The second-order valence-corrected chi connectivity index (χ2v) is 3.98. The monoisotopic (exact) mass is 244 g/mol. The van der Waals surface area contributed by atoms with Gasteiger partial charge in [0.25, 0.3) is 0 Å². The molecule has 2 rings (SSSR count). The van der Waals surface area contributed by atoms with Gasteiger partial charge in [-0.1, -0.05) is 0 Å². The van der Waals surface area contributed by atoms with Gasteiger partial charge in [0.2, 0.25) is 5.95 Å². The zero-order valence-electron chi connectivity index (χ0n) is 10.4. The molecular formula is C12H16N6. The molecule has 1 heterocycles. The quantitative estimate of drug-likeness (QED) is 0.559. The number of benzene rings is 1. The fourth-order valence-corrected chi connectivity index (χ4v) is 1.49. The van der Waals surface area contributed by atoms with Gasteiger partial charge in [-0.3, -0.25) is 5.43 Å². The molecule has 0 atom stereocenters. The van der Waals surface area contributed by atoms with Crippen LogP contribution in [0.5, 0.6) is 0 Å². The number of hydrogen-bond donors (Lipinski definition) is 3. The Morgan fingerprint density at radius 3 is 2.44 bits per heavy atom. The van der Waals surface area contributed by atoms with Gasteiger partial charge in [0.05, 0.1) is 0 Å². The summed E-state index contributed by atoms with van der Waals surface area (Å²) in [6.45, 7) is 0. The van der Waals surface area contributed by atoms with E-state index in [1.165, 1.54) is 0 Å². The molecule has 6 heteroatoms. The fraction of sp³-hybridized carbons (Fsp3) is 0.167. The summed E-state index contributed by atoms with van der Waals surface area (Å²) in [4.78, 5) is 10.2. The van der Waals surface area contributed by atoms with Crippen LogP contribution in [-0.4, -0.2) is 24.1 Å². The molecule has 1 aromatic carbocycles. The summed E-state index contributed by atoms with van der Waals surface area (Å²) >= 11 is 0.